The smallest absolute Gasteiger partial charge is 0.260 e. The molecule has 0 saturated carbocycles. The molecule has 1 heterocycles. The Morgan fingerprint density at radius 2 is 1.70 bits per heavy atom. The summed E-state index contributed by atoms with van der Waals surface area (Å²) in [4.78, 5) is 28.2. The number of rotatable bonds is 7. The fourth-order valence-electron chi connectivity index (χ4n) is 3.14. The van der Waals surface area contributed by atoms with Gasteiger partial charge in [-0.25, -0.2) is 0 Å². The molecule has 0 bridgehead atoms. The number of aryl methyl sites for hydroxylation is 1. The molecule has 1 aliphatic rings. The molecule has 0 unspecified atom stereocenters. The predicted molar refractivity (Wildman–Crippen MR) is 116 cm³/mol. The number of ether oxygens (including phenoxy) is 2. The summed E-state index contributed by atoms with van der Waals surface area (Å²) >= 11 is 3.46. The number of phenolic OH excluding ortho intramolecular Hbond substituents is 1. The van der Waals surface area contributed by atoms with Crippen LogP contribution in [-0.2, 0) is 9.59 Å². The summed E-state index contributed by atoms with van der Waals surface area (Å²) in [5.41, 5.74) is 1.13. The van der Waals surface area contributed by atoms with Crippen LogP contribution in [0.5, 0.6) is 17.2 Å². The molecule has 7 nitrogen and oxygen atoms in total. The van der Waals surface area contributed by atoms with Crippen LogP contribution < -0.4 is 9.47 Å². The molecule has 0 spiro atoms. The number of hydrogen-bond acceptors (Lipinski definition) is 5. The lowest BCUT2D eigenvalue weighted by atomic mass is 10.2. The van der Waals surface area contributed by atoms with Gasteiger partial charge in [0.25, 0.3) is 5.91 Å². The molecule has 3 rings (SSSR count). The molecule has 2 aromatic rings. The Morgan fingerprint density at radius 1 is 1.00 bits per heavy atom. The zero-order valence-corrected chi connectivity index (χ0v) is 18.4. The van der Waals surface area contributed by atoms with Crippen molar-refractivity contribution in [3.05, 3.63) is 52.5 Å². The van der Waals surface area contributed by atoms with E-state index >= 15 is 0 Å². The standard InChI is InChI=1S/C22H25BrN2O5/c1-16-5-6-20(19(23)13-16)29-12-7-21(27)24-8-10-25(11-9-24)22(28)15-30-18-4-2-3-17(26)14-18/h2-6,13-14,26H,7-12,15H2,1H3. The number of piperazine rings is 1. The van der Waals surface area contributed by atoms with Crippen molar-refractivity contribution in [1.29, 1.82) is 0 Å². The van der Waals surface area contributed by atoms with Crippen molar-refractivity contribution in [2.45, 2.75) is 13.3 Å². The van der Waals surface area contributed by atoms with E-state index in [0.717, 1.165) is 15.8 Å². The lowest BCUT2D eigenvalue weighted by molar-refractivity contribution is -0.141. The molecule has 1 fully saturated rings. The fourth-order valence-corrected chi connectivity index (χ4v) is 3.75. The molecule has 0 radical (unpaired) electrons. The number of hydrogen-bond donors (Lipinski definition) is 1. The van der Waals surface area contributed by atoms with E-state index in [1.54, 1.807) is 21.9 Å². The molecule has 160 valence electrons. The molecule has 1 saturated heterocycles. The minimum Gasteiger partial charge on any atom is -0.508 e. The van der Waals surface area contributed by atoms with Crippen LogP contribution in [0, 0.1) is 6.92 Å². The van der Waals surface area contributed by atoms with Crippen molar-refractivity contribution in [3.8, 4) is 17.2 Å². The van der Waals surface area contributed by atoms with Crippen LogP contribution in [0.4, 0.5) is 0 Å². The highest BCUT2D eigenvalue weighted by Crippen LogP contribution is 2.25. The van der Waals surface area contributed by atoms with Crippen LogP contribution in [0.2, 0.25) is 0 Å². The number of carbonyl (C=O) groups is 2. The van der Waals surface area contributed by atoms with Gasteiger partial charge in [-0.3, -0.25) is 9.59 Å². The minimum atomic E-state index is -0.141. The lowest BCUT2D eigenvalue weighted by Gasteiger charge is -2.34. The van der Waals surface area contributed by atoms with Crippen molar-refractivity contribution >= 4 is 27.7 Å². The first kappa shape index (κ1) is 22.0. The summed E-state index contributed by atoms with van der Waals surface area (Å²) in [5, 5.41) is 9.43. The number of aromatic hydroxyl groups is 1. The van der Waals surface area contributed by atoms with Gasteiger partial charge in [-0.2, -0.15) is 0 Å². The van der Waals surface area contributed by atoms with Gasteiger partial charge in [-0.05, 0) is 52.7 Å². The van der Waals surface area contributed by atoms with E-state index in [2.05, 4.69) is 15.9 Å². The summed E-state index contributed by atoms with van der Waals surface area (Å²) in [6.45, 7) is 4.13. The van der Waals surface area contributed by atoms with Gasteiger partial charge in [0.1, 0.15) is 17.2 Å². The normalized spacial score (nSPS) is 13.8. The lowest BCUT2D eigenvalue weighted by Crippen LogP contribution is -2.51. The highest BCUT2D eigenvalue weighted by Gasteiger charge is 2.24. The van der Waals surface area contributed by atoms with E-state index in [1.807, 2.05) is 25.1 Å². The first-order chi connectivity index (χ1) is 14.4. The zero-order chi connectivity index (χ0) is 21.5. The van der Waals surface area contributed by atoms with Gasteiger partial charge in [0, 0.05) is 32.2 Å². The van der Waals surface area contributed by atoms with E-state index < -0.39 is 0 Å². The molecule has 2 aromatic carbocycles. The first-order valence-electron chi connectivity index (χ1n) is 9.79. The second-order valence-electron chi connectivity index (χ2n) is 7.08. The average molecular weight is 477 g/mol. The number of phenols is 1. The Hall–Kier alpha value is -2.74. The highest BCUT2D eigenvalue weighted by molar-refractivity contribution is 9.10. The van der Waals surface area contributed by atoms with Gasteiger partial charge in [-0.1, -0.05) is 12.1 Å². The number of nitrogens with zero attached hydrogens (tertiary/aromatic N) is 2. The Labute approximate surface area is 184 Å². The SMILES string of the molecule is Cc1ccc(OCCC(=O)N2CCN(C(=O)COc3cccc(O)c3)CC2)c(Br)c1. The molecular weight excluding hydrogens is 452 g/mol. The van der Waals surface area contributed by atoms with E-state index in [9.17, 15) is 14.7 Å². The third-order valence-corrected chi connectivity index (χ3v) is 5.45. The molecule has 0 aromatic heterocycles. The summed E-state index contributed by atoms with van der Waals surface area (Å²) in [6, 6.07) is 12.1. The largest absolute Gasteiger partial charge is 0.508 e. The highest BCUT2D eigenvalue weighted by atomic mass is 79.9. The van der Waals surface area contributed by atoms with Crippen LogP contribution in [0.1, 0.15) is 12.0 Å². The van der Waals surface area contributed by atoms with E-state index in [0.29, 0.717) is 38.5 Å². The summed E-state index contributed by atoms with van der Waals surface area (Å²) in [7, 11) is 0. The Morgan fingerprint density at radius 3 is 2.37 bits per heavy atom. The first-order valence-corrected chi connectivity index (χ1v) is 10.6. The monoisotopic (exact) mass is 476 g/mol. The maximum absolute atomic E-state index is 12.4. The maximum Gasteiger partial charge on any atom is 0.260 e. The maximum atomic E-state index is 12.4. The second kappa shape index (κ2) is 10.3. The topological polar surface area (TPSA) is 79.3 Å². The molecule has 2 amide bonds. The van der Waals surface area contributed by atoms with Crippen LogP contribution in [0.3, 0.4) is 0 Å². The molecule has 8 heteroatoms. The van der Waals surface area contributed by atoms with Crippen molar-refractivity contribution in [2.24, 2.45) is 0 Å². The average Bonchev–Trinajstić information content (AvgIpc) is 2.73. The fraction of sp³-hybridized carbons (Fsp3) is 0.364. The van der Waals surface area contributed by atoms with Gasteiger partial charge in [0.2, 0.25) is 5.91 Å². The summed E-state index contributed by atoms with van der Waals surface area (Å²) in [5.74, 6) is 1.12. The molecular formula is C22H25BrN2O5. The number of halogens is 1. The van der Waals surface area contributed by atoms with Crippen LogP contribution in [0.15, 0.2) is 46.9 Å². The van der Waals surface area contributed by atoms with E-state index in [4.69, 9.17) is 9.47 Å². The molecule has 1 aliphatic heterocycles. The Bertz CT molecular complexity index is 897. The van der Waals surface area contributed by atoms with Gasteiger partial charge in [0.15, 0.2) is 6.61 Å². The van der Waals surface area contributed by atoms with Gasteiger partial charge < -0.3 is 24.4 Å². The van der Waals surface area contributed by atoms with Crippen molar-refractivity contribution in [3.63, 3.8) is 0 Å². The minimum absolute atomic E-state index is 0.0151. The second-order valence-corrected chi connectivity index (χ2v) is 7.93. The van der Waals surface area contributed by atoms with Crippen molar-refractivity contribution < 1.29 is 24.2 Å². The van der Waals surface area contributed by atoms with Crippen LogP contribution in [-0.4, -0.2) is 66.1 Å². The Balaban J connectivity index is 1.37. The molecule has 30 heavy (non-hydrogen) atoms. The third kappa shape index (κ3) is 6.13. The van der Waals surface area contributed by atoms with Crippen molar-refractivity contribution in [1.82, 2.24) is 9.80 Å². The van der Waals surface area contributed by atoms with E-state index in [-0.39, 0.29) is 30.6 Å². The Kier molecular flexibility index (Phi) is 7.57. The quantitative estimate of drug-likeness (QED) is 0.664. The number of carbonyl (C=O) groups excluding carboxylic acids is 2. The molecule has 0 aliphatic carbocycles. The van der Waals surface area contributed by atoms with E-state index in [1.165, 1.54) is 12.1 Å². The summed E-state index contributed by atoms with van der Waals surface area (Å²) < 4.78 is 12.0. The summed E-state index contributed by atoms with van der Waals surface area (Å²) in [6.07, 6.45) is 0.287. The number of amides is 2. The van der Waals surface area contributed by atoms with Gasteiger partial charge in [-0.15, -0.1) is 0 Å². The molecule has 0 atom stereocenters. The van der Waals surface area contributed by atoms with Gasteiger partial charge in [0.05, 0.1) is 17.5 Å². The van der Waals surface area contributed by atoms with Gasteiger partial charge >= 0.3 is 0 Å². The van der Waals surface area contributed by atoms with Crippen molar-refractivity contribution in [2.75, 3.05) is 39.4 Å². The zero-order valence-electron chi connectivity index (χ0n) is 16.8. The number of benzene rings is 2. The predicted octanol–water partition coefficient (Wildman–Crippen LogP) is 2.98. The molecule has 1 N–H and O–H groups in total. The third-order valence-electron chi connectivity index (χ3n) is 4.83. The van der Waals surface area contributed by atoms with Crippen LogP contribution in [0.25, 0.3) is 0 Å². The van der Waals surface area contributed by atoms with Crippen LogP contribution >= 0.6 is 15.9 Å².